The van der Waals surface area contributed by atoms with E-state index in [0.29, 0.717) is 12.1 Å². The summed E-state index contributed by atoms with van der Waals surface area (Å²) in [7, 11) is 0. The van der Waals surface area contributed by atoms with Crippen LogP contribution in [0.3, 0.4) is 0 Å². The van der Waals surface area contributed by atoms with E-state index in [4.69, 9.17) is 0 Å². The second-order valence-electron chi connectivity index (χ2n) is 6.01. The SMILES string of the molecule is CCCCCCCCCCCCn1cc(C(O)CC)nn1. The Balaban J connectivity index is 1.95. The van der Waals surface area contributed by atoms with Gasteiger partial charge in [0.1, 0.15) is 5.69 Å². The Morgan fingerprint density at radius 2 is 1.52 bits per heavy atom. The van der Waals surface area contributed by atoms with Crippen molar-refractivity contribution >= 4 is 0 Å². The van der Waals surface area contributed by atoms with Crippen LogP contribution < -0.4 is 0 Å². The molecule has 0 aliphatic carbocycles. The molecule has 0 fully saturated rings. The van der Waals surface area contributed by atoms with Gasteiger partial charge in [0.15, 0.2) is 0 Å². The van der Waals surface area contributed by atoms with Crippen LogP contribution in [0.4, 0.5) is 0 Å². The Hall–Kier alpha value is -0.900. The van der Waals surface area contributed by atoms with Crippen LogP contribution in [0.1, 0.15) is 96.3 Å². The summed E-state index contributed by atoms with van der Waals surface area (Å²) in [5.74, 6) is 0. The molecular weight excluding hydrogens is 262 g/mol. The van der Waals surface area contributed by atoms with Gasteiger partial charge >= 0.3 is 0 Å². The van der Waals surface area contributed by atoms with Gasteiger partial charge in [-0.3, -0.25) is 4.68 Å². The van der Waals surface area contributed by atoms with Gasteiger partial charge < -0.3 is 5.11 Å². The van der Waals surface area contributed by atoms with E-state index < -0.39 is 6.10 Å². The fraction of sp³-hybridized carbons (Fsp3) is 0.882. The molecule has 0 saturated heterocycles. The maximum atomic E-state index is 9.67. The third-order valence-electron chi connectivity index (χ3n) is 4.03. The molecule has 1 aromatic rings. The number of hydrogen-bond acceptors (Lipinski definition) is 3. The number of hydrogen-bond donors (Lipinski definition) is 1. The highest BCUT2D eigenvalue weighted by molar-refractivity contribution is 4.96. The first-order valence-corrected chi connectivity index (χ1v) is 8.86. The summed E-state index contributed by atoms with van der Waals surface area (Å²) in [6, 6.07) is 0. The standard InChI is InChI=1S/C17H33N3O/c1-3-5-6-7-8-9-10-11-12-13-14-20-15-16(18-19-20)17(21)4-2/h15,17,21H,3-14H2,1-2H3. The molecule has 21 heavy (non-hydrogen) atoms. The first kappa shape index (κ1) is 18.1. The molecule has 0 saturated carbocycles. The number of aromatic nitrogens is 3. The molecule has 0 spiro atoms. The van der Waals surface area contributed by atoms with Gasteiger partial charge in [0.25, 0.3) is 0 Å². The van der Waals surface area contributed by atoms with Crippen LogP contribution in [0.25, 0.3) is 0 Å². The normalized spacial score (nSPS) is 12.7. The molecule has 1 aromatic heterocycles. The van der Waals surface area contributed by atoms with Crippen LogP contribution in [0.15, 0.2) is 6.20 Å². The van der Waals surface area contributed by atoms with Crippen LogP contribution in [0.2, 0.25) is 0 Å². The van der Waals surface area contributed by atoms with Crippen molar-refractivity contribution in [1.29, 1.82) is 0 Å². The van der Waals surface area contributed by atoms with Crippen molar-refractivity contribution in [3.05, 3.63) is 11.9 Å². The van der Waals surface area contributed by atoms with E-state index in [1.807, 2.05) is 17.8 Å². The Morgan fingerprint density at radius 1 is 0.952 bits per heavy atom. The Bertz CT molecular complexity index is 352. The lowest BCUT2D eigenvalue weighted by molar-refractivity contribution is 0.168. The van der Waals surface area contributed by atoms with Crippen LogP contribution in [0.5, 0.6) is 0 Å². The van der Waals surface area contributed by atoms with Crippen molar-refractivity contribution in [1.82, 2.24) is 15.0 Å². The van der Waals surface area contributed by atoms with Crippen LogP contribution in [-0.2, 0) is 6.54 Å². The van der Waals surface area contributed by atoms with E-state index in [0.717, 1.165) is 13.0 Å². The minimum absolute atomic E-state index is 0.466. The van der Waals surface area contributed by atoms with Crippen LogP contribution >= 0.6 is 0 Å². The molecule has 4 heteroatoms. The van der Waals surface area contributed by atoms with E-state index in [1.54, 1.807) is 0 Å². The highest BCUT2D eigenvalue weighted by Crippen LogP contribution is 2.13. The summed E-state index contributed by atoms with van der Waals surface area (Å²) in [6.45, 7) is 5.13. The van der Waals surface area contributed by atoms with E-state index in [9.17, 15) is 5.11 Å². The molecule has 0 aliphatic heterocycles. The quantitative estimate of drug-likeness (QED) is 0.539. The minimum atomic E-state index is -0.466. The summed E-state index contributed by atoms with van der Waals surface area (Å²) in [5, 5.41) is 17.8. The zero-order chi connectivity index (χ0) is 15.3. The molecule has 122 valence electrons. The minimum Gasteiger partial charge on any atom is -0.387 e. The molecule has 0 bridgehead atoms. The van der Waals surface area contributed by atoms with E-state index in [-0.39, 0.29) is 0 Å². The molecule has 1 N–H and O–H groups in total. The van der Waals surface area contributed by atoms with Crippen LogP contribution in [0, 0.1) is 0 Å². The van der Waals surface area contributed by atoms with Crippen molar-refractivity contribution < 1.29 is 5.11 Å². The summed E-state index contributed by atoms with van der Waals surface area (Å²) >= 11 is 0. The van der Waals surface area contributed by atoms with Gasteiger partial charge in [0.05, 0.1) is 12.3 Å². The first-order valence-electron chi connectivity index (χ1n) is 8.86. The van der Waals surface area contributed by atoms with Gasteiger partial charge in [-0.15, -0.1) is 5.10 Å². The number of unbranched alkanes of at least 4 members (excludes halogenated alkanes) is 9. The lowest BCUT2D eigenvalue weighted by Crippen LogP contribution is -1.99. The van der Waals surface area contributed by atoms with Crippen molar-refractivity contribution in [2.75, 3.05) is 0 Å². The maximum absolute atomic E-state index is 9.67. The third-order valence-corrected chi connectivity index (χ3v) is 4.03. The van der Waals surface area contributed by atoms with Gasteiger partial charge in [-0.25, -0.2) is 0 Å². The largest absolute Gasteiger partial charge is 0.387 e. The topological polar surface area (TPSA) is 50.9 Å². The molecule has 4 nitrogen and oxygen atoms in total. The Kier molecular flexibility index (Phi) is 10.1. The van der Waals surface area contributed by atoms with Gasteiger partial charge in [0, 0.05) is 6.54 Å². The smallest absolute Gasteiger partial charge is 0.111 e. The molecule has 1 rings (SSSR count). The molecule has 1 heterocycles. The summed E-state index contributed by atoms with van der Waals surface area (Å²) in [5.41, 5.74) is 0.699. The van der Waals surface area contributed by atoms with Gasteiger partial charge in [0.2, 0.25) is 0 Å². The lowest BCUT2D eigenvalue weighted by atomic mass is 10.1. The van der Waals surface area contributed by atoms with Crippen molar-refractivity contribution in [3.63, 3.8) is 0 Å². The van der Waals surface area contributed by atoms with Gasteiger partial charge in [-0.05, 0) is 12.8 Å². The fourth-order valence-electron chi connectivity index (χ4n) is 2.55. The number of aryl methyl sites for hydroxylation is 1. The summed E-state index contributed by atoms with van der Waals surface area (Å²) in [4.78, 5) is 0. The molecule has 0 radical (unpaired) electrons. The van der Waals surface area contributed by atoms with E-state index in [1.165, 1.54) is 57.8 Å². The predicted molar refractivity (Wildman–Crippen MR) is 87.1 cm³/mol. The molecule has 1 atom stereocenters. The molecule has 0 amide bonds. The van der Waals surface area contributed by atoms with Crippen molar-refractivity contribution in [3.8, 4) is 0 Å². The Morgan fingerprint density at radius 3 is 2.10 bits per heavy atom. The third kappa shape index (κ3) is 8.20. The average molecular weight is 295 g/mol. The summed E-state index contributed by atoms with van der Waals surface area (Å²) < 4.78 is 1.86. The van der Waals surface area contributed by atoms with Crippen molar-refractivity contribution in [2.45, 2.75) is 97.1 Å². The zero-order valence-electron chi connectivity index (χ0n) is 13.9. The highest BCUT2D eigenvalue weighted by Gasteiger charge is 2.08. The number of rotatable bonds is 13. The first-order chi connectivity index (χ1) is 10.3. The Labute approximate surface area is 129 Å². The van der Waals surface area contributed by atoms with Gasteiger partial charge in [-0.1, -0.05) is 76.8 Å². The molecule has 0 aliphatic rings. The fourth-order valence-corrected chi connectivity index (χ4v) is 2.55. The number of aliphatic hydroxyl groups excluding tert-OH is 1. The van der Waals surface area contributed by atoms with E-state index >= 15 is 0 Å². The molecule has 0 aromatic carbocycles. The maximum Gasteiger partial charge on any atom is 0.111 e. The van der Waals surface area contributed by atoms with Gasteiger partial charge in [-0.2, -0.15) is 0 Å². The monoisotopic (exact) mass is 295 g/mol. The number of nitrogens with zero attached hydrogens (tertiary/aromatic N) is 3. The number of aliphatic hydroxyl groups is 1. The molecule has 1 unspecified atom stereocenters. The lowest BCUT2D eigenvalue weighted by Gasteiger charge is -2.03. The predicted octanol–water partition coefficient (Wildman–Crippen LogP) is 4.64. The zero-order valence-corrected chi connectivity index (χ0v) is 13.9. The van der Waals surface area contributed by atoms with E-state index in [2.05, 4.69) is 17.2 Å². The second-order valence-corrected chi connectivity index (χ2v) is 6.01. The highest BCUT2D eigenvalue weighted by atomic mass is 16.3. The summed E-state index contributed by atoms with van der Waals surface area (Å²) in [6.07, 6.45) is 15.6. The van der Waals surface area contributed by atoms with Crippen molar-refractivity contribution in [2.24, 2.45) is 0 Å². The average Bonchev–Trinajstić information content (AvgIpc) is 2.97. The second kappa shape index (κ2) is 11.7. The van der Waals surface area contributed by atoms with Crippen LogP contribution in [-0.4, -0.2) is 20.1 Å². The molecular formula is C17H33N3O.